The van der Waals surface area contributed by atoms with E-state index in [0.717, 1.165) is 11.3 Å². The van der Waals surface area contributed by atoms with Gasteiger partial charge in [-0.05, 0) is 30.7 Å². The molecule has 0 saturated carbocycles. The molecule has 19 heavy (non-hydrogen) atoms. The van der Waals surface area contributed by atoms with E-state index in [1.54, 1.807) is 6.07 Å². The third kappa shape index (κ3) is 3.81. The van der Waals surface area contributed by atoms with Crippen molar-refractivity contribution in [2.24, 2.45) is 0 Å². The standard InChI is InChI=1S/C15H14FNO2/c1-11-5-2-3-8-14(11)17-15(18)10-19-13-7-4-6-12(16)9-13/h2-9H,10H2,1H3,(H,17,18). The largest absolute Gasteiger partial charge is 0.484 e. The maximum atomic E-state index is 12.9. The fraction of sp³-hybridized carbons (Fsp3) is 0.133. The second-order valence-electron chi connectivity index (χ2n) is 4.11. The summed E-state index contributed by atoms with van der Waals surface area (Å²) in [4.78, 5) is 11.7. The summed E-state index contributed by atoms with van der Waals surface area (Å²) in [5.74, 6) is -0.338. The minimum Gasteiger partial charge on any atom is -0.484 e. The minimum absolute atomic E-state index is 0.155. The highest BCUT2D eigenvalue weighted by molar-refractivity contribution is 5.92. The van der Waals surface area contributed by atoms with Gasteiger partial charge in [-0.15, -0.1) is 0 Å². The lowest BCUT2D eigenvalue weighted by atomic mass is 10.2. The predicted molar refractivity (Wildman–Crippen MR) is 71.7 cm³/mol. The van der Waals surface area contributed by atoms with Crippen molar-refractivity contribution >= 4 is 11.6 Å². The Morgan fingerprint density at radius 1 is 1.21 bits per heavy atom. The molecule has 0 atom stereocenters. The van der Waals surface area contributed by atoms with Crippen LogP contribution in [0, 0.1) is 12.7 Å². The molecule has 0 spiro atoms. The molecule has 2 rings (SSSR count). The van der Waals surface area contributed by atoms with Crippen molar-refractivity contribution in [1.82, 2.24) is 0 Å². The summed E-state index contributed by atoms with van der Waals surface area (Å²) in [6.07, 6.45) is 0. The van der Waals surface area contributed by atoms with Crippen molar-refractivity contribution < 1.29 is 13.9 Å². The summed E-state index contributed by atoms with van der Waals surface area (Å²) < 4.78 is 18.1. The van der Waals surface area contributed by atoms with Gasteiger partial charge in [0.25, 0.3) is 5.91 Å². The number of anilines is 1. The summed E-state index contributed by atoms with van der Waals surface area (Å²) in [6, 6.07) is 13.2. The lowest BCUT2D eigenvalue weighted by molar-refractivity contribution is -0.118. The zero-order chi connectivity index (χ0) is 13.7. The van der Waals surface area contributed by atoms with Gasteiger partial charge in [-0.2, -0.15) is 0 Å². The zero-order valence-electron chi connectivity index (χ0n) is 10.5. The number of carbonyl (C=O) groups excluding carboxylic acids is 1. The molecule has 0 aromatic heterocycles. The zero-order valence-corrected chi connectivity index (χ0v) is 10.5. The van der Waals surface area contributed by atoms with Crippen LogP contribution in [0.4, 0.5) is 10.1 Å². The Morgan fingerprint density at radius 2 is 2.00 bits per heavy atom. The van der Waals surface area contributed by atoms with E-state index in [0.29, 0.717) is 5.75 Å². The van der Waals surface area contributed by atoms with Crippen molar-refractivity contribution in [2.75, 3.05) is 11.9 Å². The summed E-state index contributed by atoms with van der Waals surface area (Å²) >= 11 is 0. The van der Waals surface area contributed by atoms with Gasteiger partial charge in [0.05, 0.1) is 0 Å². The Morgan fingerprint density at radius 3 is 2.74 bits per heavy atom. The monoisotopic (exact) mass is 259 g/mol. The fourth-order valence-corrected chi connectivity index (χ4v) is 1.61. The molecular formula is C15H14FNO2. The average molecular weight is 259 g/mol. The molecule has 0 fully saturated rings. The molecular weight excluding hydrogens is 245 g/mol. The molecule has 0 aliphatic carbocycles. The van der Waals surface area contributed by atoms with Crippen molar-refractivity contribution in [1.29, 1.82) is 0 Å². The number of amides is 1. The Kier molecular flexibility index (Phi) is 4.13. The number of aryl methyl sites for hydroxylation is 1. The second-order valence-corrected chi connectivity index (χ2v) is 4.11. The van der Waals surface area contributed by atoms with E-state index in [9.17, 15) is 9.18 Å². The van der Waals surface area contributed by atoms with E-state index in [1.807, 2.05) is 31.2 Å². The van der Waals surface area contributed by atoms with Crippen molar-refractivity contribution in [2.45, 2.75) is 6.92 Å². The van der Waals surface area contributed by atoms with Gasteiger partial charge in [0, 0.05) is 11.8 Å². The fourth-order valence-electron chi connectivity index (χ4n) is 1.61. The molecule has 98 valence electrons. The number of hydrogen-bond donors (Lipinski definition) is 1. The Balaban J connectivity index is 1.90. The van der Waals surface area contributed by atoms with Gasteiger partial charge in [0.1, 0.15) is 11.6 Å². The lowest BCUT2D eigenvalue weighted by Crippen LogP contribution is -2.20. The summed E-state index contributed by atoms with van der Waals surface area (Å²) in [5, 5.41) is 2.74. The molecule has 0 aliphatic rings. The Bertz CT molecular complexity index is 584. The predicted octanol–water partition coefficient (Wildman–Crippen LogP) is 3.15. The SMILES string of the molecule is Cc1ccccc1NC(=O)COc1cccc(F)c1. The molecule has 1 N–H and O–H groups in total. The van der Waals surface area contributed by atoms with Crippen LogP contribution in [0.3, 0.4) is 0 Å². The lowest BCUT2D eigenvalue weighted by Gasteiger charge is -2.09. The first-order valence-corrected chi connectivity index (χ1v) is 5.89. The first kappa shape index (κ1) is 13.1. The number of para-hydroxylation sites is 1. The quantitative estimate of drug-likeness (QED) is 0.916. The molecule has 2 aromatic rings. The van der Waals surface area contributed by atoms with E-state index in [-0.39, 0.29) is 12.5 Å². The van der Waals surface area contributed by atoms with E-state index in [1.165, 1.54) is 18.2 Å². The number of benzene rings is 2. The van der Waals surface area contributed by atoms with Crippen LogP contribution in [-0.2, 0) is 4.79 Å². The summed E-state index contributed by atoms with van der Waals surface area (Å²) in [6.45, 7) is 1.75. The van der Waals surface area contributed by atoms with Gasteiger partial charge in [0.2, 0.25) is 0 Å². The van der Waals surface area contributed by atoms with Crippen molar-refractivity contribution in [3.63, 3.8) is 0 Å². The highest BCUT2D eigenvalue weighted by Gasteiger charge is 2.05. The van der Waals surface area contributed by atoms with Crippen molar-refractivity contribution in [3.05, 3.63) is 59.9 Å². The molecule has 0 aliphatic heterocycles. The third-order valence-corrected chi connectivity index (χ3v) is 2.59. The Labute approximate surface area is 111 Å². The number of hydrogen-bond acceptors (Lipinski definition) is 2. The van der Waals surface area contributed by atoms with Crippen LogP contribution in [0.1, 0.15) is 5.56 Å². The summed E-state index contributed by atoms with van der Waals surface area (Å²) in [7, 11) is 0. The highest BCUT2D eigenvalue weighted by Crippen LogP contribution is 2.14. The molecule has 0 radical (unpaired) electrons. The van der Waals surface area contributed by atoms with E-state index < -0.39 is 5.82 Å². The third-order valence-electron chi connectivity index (χ3n) is 2.59. The normalized spacial score (nSPS) is 10.0. The van der Waals surface area contributed by atoms with Gasteiger partial charge in [-0.25, -0.2) is 4.39 Å². The van der Waals surface area contributed by atoms with E-state index in [4.69, 9.17) is 4.74 Å². The molecule has 0 unspecified atom stereocenters. The van der Waals surface area contributed by atoms with Crippen LogP contribution in [0.2, 0.25) is 0 Å². The minimum atomic E-state index is -0.392. The second kappa shape index (κ2) is 6.00. The molecule has 0 heterocycles. The smallest absolute Gasteiger partial charge is 0.262 e. The Hall–Kier alpha value is -2.36. The highest BCUT2D eigenvalue weighted by atomic mass is 19.1. The van der Waals surface area contributed by atoms with Gasteiger partial charge in [-0.3, -0.25) is 4.79 Å². The van der Waals surface area contributed by atoms with Crippen LogP contribution >= 0.6 is 0 Å². The molecule has 3 nitrogen and oxygen atoms in total. The molecule has 0 bridgehead atoms. The summed E-state index contributed by atoms with van der Waals surface area (Å²) in [5.41, 5.74) is 1.72. The first-order chi connectivity index (χ1) is 9.15. The number of ether oxygens (including phenoxy) is 1. The number of carbonyl (C=O) groups is 1. The van der Waals surface area contributed by atoms with Gasteiger partial charge < -0.3 is 10.1 Å². The molecule has 2 aromatic carbocycles. The maximum Gasteiger partial charge on any atom is 0.262 e. The maximum absolute atomic E-state index is 12.9. The molecule has 1 amide bonds. The van der Waals surface area contributed by atoms with Crippen LogP contribution in [0.15, 0.2) is 48.5 Å². The molecule has 4 heteroatoms. The van der Waals surface area contributed by atoms with Gasteiger partial charge in [-0.1, -0.05) is 24.3 Å². The van der Waals surface area contributed by atoms with Gasteiger partial charge in [0.15, 0.2) is 6.61 Å². The van der Waals surface area contributed by atoms with Crippen LogP contribution in [0.5, 0.6) is 5.75 Å². The number of rotatable bonds is 4. The van der Waals surface area contributed by atoms with Gasteiger partial charge >= 0.3 is 0 Å². The first-order valence-electron chi connectivity index (χ1n) is 5.89. The molecule has 0 saturated heterocycles. The average Bonchev–Trinajstić information content (AvgIpc) is 2.39. The number of nitrogens with one attached hydrogen (secondary N) is 1. The van der Waals surface area contributed by atoms with Crippen molar-refractivity contribution in [3.8, 4) is 5.75 Å². The number of halogens is 1. The topological polar surface area (TPSA) is 38.3 Å². The van der Waals surface area contributed by atoms with Crippen LogP contribution < -0.4 is 10.1 Å². The van der Waals surface area contributed by atoms with E-state index in [2.05, 4.69) is 5.32 Å². The van der Waals surface area contributed by atoms with Crippen LogP contribution in [0.25, 0.3) is 0 Å². The van der Waals surface area contributed by atoms with Crippen LogP contribution in [-0.4, -0.2) is 12.5 Å². The van der Waals surface area contributed by atoms with E-state index >= 15 is 0 Å².